The molecule has 0 atom stereocenters. The molecule has 0 aliphatic carbocycles. The summed E-state index contributed by atoms with van der Waals surface area (Å²) < 4.78 is 67.1. The first-order chi connectivity index (χ1) is 15.2. The van der Waals surface area contributed by atoms with Gasteiger partial charge in [-0.3, -0.25) is 9.44 Å². The third kappa shape index (κ3) is 5.09. The summed E-state index contributed by atoms with van der Waals surface area (Å²) in [4.78, 5) is -0.138. The number of hydrogen-bond acceptors (Lipinski definition) is 6. The van der Waals surface area contributed by atoms with Crippen molar-refractivity contribution in [3.8, 4) is 11.5 Å². The molecule has 0 unspecified atom stereocenters. The zero-order chi connectivity index (χ0) is 22.8. The molecule has 0 fully saturated rings. The molecule has 11 heteroatoms. The van der Waals surface area contributed by atoms with Gasteiger partial charge >= 0.3 is 0 Å². The molecule has 1 aliphatic heterocycles. The van der Waals surface area contributed by atoms with E-state index in [1.807, 2.05) is 0 Å². The smallest absolute Gasteiger partial charge is 0.262 e. The van der Waals surface area contributed by atoms with Crippen molar-refractivity contribution in [2.75, 3.05) is 22.7 Å². The van der Waals surface area contributed by atoms with E-state index in [9.17, 15) is 16.8 Å². The predicted octanol–water partition coefficient (Wildman–Crippen LogP) is 4.10. The van der Waals surface area contributed by atoms with Crippen molar-refractivity contribution < 1.29 is 26.3 Å². The van der Waals surface area contributed by atoms with Gasteiger partial charge in [0.25, 0.3) is 20.0 Å². The Kier molecular flexibility index (Phi) is 6.18. The van der Waals surface area contributed by atoms with Crippen LogP contribution in [0.3, 0.4) is 0 Å². The van der Waals surface area contributed by atoms with E-state index in [1.54, 1.807) is 12.1 Å². The fourth-order valence-electron chi connectivity index (χ4n) is 2.98. The molecule has 4 rings (SSSR count). The number of fused-ring (bicyclic) bond motifs is 1. The molecule has 3 aromatic carbocycles. The Labute approximate surface area is 191 Å². The molecule has 0 aromatic heterocycles. The van der Waals surface area contributed by atoms with Crippen molar-refractivity contribution >= 4 is 43.0 Å². The molecule has 0 amide bonds. The lowest BCUT2D eigenvalue weighted by Crippen LogP contribution is -2.15. The van der Waals surface area contributed by atoms with E-state index in [2.05, 4.69) is 9.44 Å². The van der Waals surface area contributed by atoms with Gasteiger partial charge in [-0.25, -0.2) is 16.8 Å². The summed E-state index contributed by atoms with van der Waals surface area (Å²) >= 11 is 5.82. The maximum absolute atomic E-state index is 12.9. The fourth-order valence-corrected chi connectivity index (χ4v) is 5.28. The highest BCUT2D eigenvalue weighted by molar-refractivity contribution is 7.93. The van der Waals surface area contributed by atoms with Crippen LogP contribution in [0.1, 0.15) is 6.42 Å². The molecule has 0 saturated carbocycles. The van der Waals surface area contributed by atoms with Crippen LogP contribution >= 0.6 is 11.6 Å². The summed E-state index contributed by atoms with van der Waals surface area (Å²) in [7, 11) is -7.95. The Morgan fingerprint density at radius 1 is 0.688 bits per heavy atom. The predicted molar refractivity (Wildman–Crippen MR) is 122 cm³/mol. The van der Waals surface area contributed by atoms with Gasteiger partial charge in [0.2, 0.25) is 0 Å². The number of halogens is 1. The minimum atomic E-state index is -4.00. The Bertz CT molecular complexity index is 1340. The van der Waals surface area contributed by atoms with Gasteiger partial charge in [-0.05, 0) is 54.6 Å². The van der Waals surface area contributed by atoms with Crippen LogP contribution in [0.2, 0.25) is 5.02 Å². The lowest BCUT2D eigenvalue weighted by atomic mass is 10.3. The Morgan fingerprint density at radius 3 is 2.03 bits per heavy atom. The maximum atomic E-state index is 12.9. The monoisotopic (exact) mass is 494 g/mol. The van der Waals surface area contributed by atoms with Crippen molar-refractivity contribution in [1.29, 1.82) is 0 Å². The first-order valence-electron chi connectivity index (χ1n) is 9.54. The Morgan fingerprint density at radius 2 is 1.31 bits per heavy atom. The van der Waals surface area contributed by atoms with E-state index in [0.717, 1.165) is 0 Å². The van der Waals surface area contributed by atoms with Gasteiger partial charge in [0.05, 0.1) is 28.7 Å². The van der Waals surface area contributed by atoms with Crippen LogP contribution in [0, 0.1) is 0 Å². The summed E-state index contributed by atoms with van der Waals surface area (Å²) in [5.74, 6) is 0.816. The number of anilines is 2. The summed E-state index contributed by atoms with van der Waals surface area (Å²) in [6.07, 6.45) is 0.695. The molecule has 0 radical (unpaired) electrons. The van der Waals surface area contributed by atoms with Crippen molar-refractivity contribution in [2.45, 2.75) is 16.2 Å². The second-order valence-corrected chi connectivity index (χ2v) is 10.7. The third-order valence-electron chi connectivity index (χ3n) is 4.52. The zero-order valence-corrected chi connectivity index (χ0v) is 19.0. The number of hydrogen-bond donors (Lipinski definition) is 2. The average molecular weight is 495 g/mol. The topological polar surface area (TPSA) is 111 Å². The minimum absolute atomic E-state index is 0.0331. The molecule has 0 bridgehead atoms. The van der Waals surface area contributed by atoms with Crippen molar-refractivity contribution in [2.24, 2.45) is 0 Å². The van der Waals surface area contributed by atoms with Gasteiger partial charge in [-0.15, -0.1) is 0 Å². The summed E-state index contributed by atoms with van der Waals surface area (Å²) in [6.45, 7) is 0.910. The lowest BCUT2D eigenvalue weighted by molar-refractivity contribution is 0.297. The van der Waals surface area contributed by atoms with Crippen LogP contribution in [-0.2, 0) is 20.0 Å². The van der Waals surface area contributed by atoms with Crippen molar-refractivity contribution in [1.82, 2.24) is 0 Å². The molecule has 168 valence electrons. The Hall–Kier alpha value is -2.95. The standard InChI is InChI=1S/C21H19ClN2O6S2/c22-15-5-7-16(8-6-15)23-31(25,26)18-4-1-3-17(13-18)24-32(27,28)19-9-10-20-21(14-19)30-12-2-11-29-20/h1,3-10,13-14,23-24H,2,11-12H2. The zero-order valence-electron chi connectivity index (χ0n) is 16.6. The number of rotatable bonds is 6. The molecule has 1 aliphatic rings. The number of benzene rings is 3. The van der Waals surface area contributed by atoms with E-state index in [0.29, 0.717) is 41.8 Å². The molecular formula is C21H19ClN2O6S2. The SMILES string of the molecule is O=S(=O)(Nc1ccc(Cl)cc1)c1cccc(NS(=O)(=O)c2ccc3c(c2)OCCCO3)c1. The van der Waals surface area contributed by atoms with E-state index in [4.69, 9.17) is 21.1 Å². The molecule has 2 N–H and O–H groups in total. The second kappa shape index (κ2) is 8.89. The summed E-state index contributed by atoms with van der Waals surface area (Å²) in [5.41, 5.74) is 0.420. The highest BCUT2D eigenvalue weighted by atomic mass is 35.5. The van der Waals surface area contributed by atoms with E-state index in [-0.39, 0.29) is 15.5 Å². The average Bonchev–Trinajstić information content (AvgIpc) is 3.00. The van der Waals surface area contributed by atoms with Crippen LogP contribution in [0.25, 0.3) is 0 Å². The van der Waals surface area contributed by atoms with Crippen LogP contribution in [0.15, 0.2) is 76.5 Å². The van der Waals surface area contributed by atoms with Gasteiger partial charge in [0.1, 0.15) is 0 Å². The lowest BCUT2D eigenvalue weighted by Gasteiger charge is -2.13. The van der Waals surface area contributed by atoms with Gasteiger partial charge in [0, 0.05) is 23.2 Å². The van der Waals surface area contributed by atoms with Crippen LogP contribution < -0.4 is 18.9 Å². The second-order valence-electron chi connectivity index (χ2n) is 6.90. The Balaban J connectivity index is 1.57. The molecule has 1 heterocycles. The van der Waals surface area contributed by atoms with Gasteiger partial charge in [0.15, 0.2) is 11.5 Å². The largest absolute Gasteiger partial charge is 0.490 e. The van der Waals surface area contributed by atoms with Crippen molar-refractivity contribution in [3.05, 3.63) is 71.8 Å². The normalized spacial score (nSPS) is 13.8. The fraction of sp³-hybridized carbons (Fsp3) is 0.143. The first kappa shape index (κ1) is 22.3. The number of ether oxygens (including phenoxy) is 2. The van der Waals surface area contributed by atoms with Crippen LogP contribution in [-0.4, -0.2) is 30.0 Å². The van der Waals surface area contributed by atoms with Crippen LogP contribution in [0.5, 0.6) is 11.5 Å². The minimum Gasteiger partial charge on any atom is -0.490 e. The third-order valence-corrected chi connectivity index (χ3v) is 7.53. The highest BCUT2D eigenvalue weighted by Gasteiger charge is 2.20. The molecular weight excluding hydrogens is 476 g/mol. The first-order valence-corrected chi connectivity index (χ1v) is 12.9. The molecule has 3 aromatic rings. The van der Waals surface area contributed by atoms with Gasteiger partial charge in [-0.1, -0.05) is 17.7 Å². The summed E-state index contributed by atoms with van der Waals surface area (Å²) in [5, 5.41) is 0.471. The van der Waals surface area contributed by atoms with Crippen molar-refractivity contribution in [3.63, 3.8) is 0 Å². The van der Waals surface area contributed by atoms with E-state index < -0.39 is 20.0 Å². The highest BCUT2D eigenvalue weighted by Crippen LogP contribution is 2.32. The van der Waals surface area contributed by atoms with Gasteiger partial charge < -0.3 is 9.47 Å². The van der Waals surface area contributed by atoms with E-state index in [1.165, 1.54) is 54.6 Å². The number of sulfonamides is 2. The maximum Gasteiger partial charge on any atom is 0.262 e. The summed E-state index contributed by atoms with van der Waals surface area (Å²) in [6, 6.07) is 16.0. The molecule has 8 nitrogen and oxygen atoms in total. The van der Waals surface area contributed by atoms with Crippen LogP contribution in [0.4, 0.5) is 11.4 Å². The quantitative estimate of drug-likeness (QED) is 0.533. The molecule has 0 saturated heterocycles. The molecule has 32 heavy (non-hydrogen) atoms. The van der Waals surface area contributed by atoms with Gasteiger partial charge in [-0.2, -0.15) is 0 Å². The van der Waals surface area contributed by atoms with E-state index >= 15 is 0 Å². The molecule has 0 spiro atoms. The number of nitrogens with one attached hydrogen (secondary N) is 2.